The number of rotatable bonds is 13. The minimum Gasteiger partial charge on any atom is -0.345 e. The smallest absolute Gasteiger partial charge is 0.189 e. The van der Waals surface area contributed by atoms with E-state index >= 15 is 0 Å². The van der Waals surface area contributed by atoms with Gasteiger partial charge in [-0.25, -0.2) is 0 Å². The van der Waals surface area contributed by atoms with Gasteiger partial charge in [0.05, 0.1) is 21.1 Å². The topological polar surface area (TPSA) is 20.2 Å². The highest BCUT2D eigenvalue weighted by molar-refractivity contribution is 4.49. The van der Waals surface area contributed by atoms with Crippen molar-refractivity contribution in [3.8, 4) is 0 Å². The Morgan fingerprint density at radius 1 is 0.684 bits per heavy atom. The van der Waals surface area contributed by atoms with Crippen LogP contribution >= 0.6 is 0 Å². The van der Waals surface area contributed by atoms with Crippen LogP contribution in [0.2, 0.25) is 0 Å². The van der Waals surface area contributed by atoms with Gasteiger partial charge in [0.25, 0.3) is 0 Å². The zero-order valence-electron chi connectivity index (χ0n) is 14.0. The Hall–Kier alpha value is -0.0800. The Morgan fingerprint density at radius 3 is 1.42 bits per heavy atom. The molecule has 116 valence electrons. The minimum absolute atomic E-state index is 0.196. The second kappa shape index (κ2) is 11.7. The first-order valence-corrected chi connectivity index (χ1v) is 8.47. The summed E-state index contributed by atoms with van der Waals surface area (Å²) in [5.41, 5.74) is 0. The standard InChI is InChI=1S/C17H38NO/c1-5-6-7-8-9-10-11-12-13-14-15-16-17(19)18(2,3)4/h17,19H,5-16H2,1-4H3/q+1. The van der Waals surface area contributed by atoms with Crippen LogP contribution in [-0.4, -0.2) is 37.0 Å². The van der Waals surface area contributed by atoms with Gasteiger partial charge in [-0.1, -0.05) is 71.1 Å². The lowest BCUT2D eigenvalue weighted by Crippen LogP contribution is -2.44. The second-order valence-electron chi connectivity index (χ2n) is 6.92. The maximum Gasteiger partial charge on any atom is 0.189 e. The molecule has 0 rings (SSSR count). The molecular weight excluding hydrogens is 234 g/mol. The van der Waals surface area contributed by atoms with Crippen LogP contribution in [0.15, 0.2) is 0 Å². The molecule has 2 heteroatoms. The number of hydrogen-bond donors (Lipinski definition) is 1. The van der Waals surface area contributed by atoms with Crippen molar-refractivity contribution in [1.82, 2.24) is 0 Å². The largest absolute Gasteiger partial charge is 0.345 e. The molecule has 0 spiro atoms. The molecule has 1 atom stereocenters. The van der Waals surface area contributed by atoms with Crippen LogP contribution < -0.4 is 0 Å². The Labute approximate surface area is 121 Å². The summed E-state index contributed by atoms with van der Waals surface area (Å²) in [5, 5.41) is 9.90. The summed E-state index contributed by atoms with van der Waals surface area (Å²) in [6.07, 6.45) is 15.8. The molecule has 0 radical (unpaired) electrons. The lowest BCUT2D eigenvalue weighted by atomic mass is 10.0. The summed E-state index contributed by atoms with van der Waals surface area (Å²) in [5.74, 6) is 0. The zero-order valence-corrected chi connectivity index (χ0v) is 14.0. The number of nitrogens with zero attached hydrogens (tertiary/aromatic N) is 1. The molecule has 0 aromatic rings. The number of hydrogen-bond acceptors (Lipinski definition) is 1. The van der Waals surface area contributed by atoms with Crippen molar-refractivity contribution in [2.75, 3.05) is 21.1 Å². The fourth-order valence-electron chi connectivity index (χ4n) is 2.38. The Kier molecular flexibility index (Phi) is 11.7. The van der Waals surface area contributed by atoms with Crippen LogP contribution in [0.5, 0.6) is 0 Å². The highest BCUT2D eigenvalue weighted by Gasteiger charge is 2.19. The molecular formula is C17H38NO+. The van der Waals surface area contributed by atoms with Crippen molar-refractivity contribution >= 4 is 0 Å². The van der Waals surface area contributed by atoms with Crippen LogP contribution in [0.4, 0.5) is 0 Å². The third-order valence-electron chi connectivity index (χ3n) is 3.96. The average Bonchev–Trinajstić information content (AvgIpc) is 2.34. The Balaban J connectivity index is 3.15. The lowest BCUT2D eigenvalue weighted by Gasteiger charge is -2.29. The summed E-state index contributed by atoms with van der Waals surface area (Å²) in [6, 6.07) is 0. The Morgan fingerprint density at radius 2 is 1.05 bits per heavy atom. The van der Waals surface area contributed by atoms with E-state index in [1.54, 1.807) is 0 Å². The van der Waals surface area contributed by atoms with Crippen molar-refractivity contribution in [3.05, 3.63) is 0 Å². The first kappa shape index (κ1) is 18.9. The van der Waals surface area contributed by atoms with E-state index in [2.05, 4.69) is 28.1 Å². The molecule has 0 aliphatic rings. The molecule has 1 unspecified atom stereocenters. The van der Waals surface area contributed by atoms with Crippen molar-refractivity contribution in [2.24, 2.45) is 0 Å². The molecule has 0 amide bonds. The summed E-state index contributed by atoms with van der Waals surface area (Å²) in [7, 11) is 6.18. The molecule has 0 saturated heterocycles. The Bertz CT molecular complexity index is 186. The summed E-state index contributed by atoms with van der Waals surface area (Å²) >= 11 is 0. The number of aliphatic hydroxyl groups excluding tert-OH is 1. The number of aliphatic hydroxyl groups is 1. The summed E-state index contributed by atoms with van der Waals surface area (Å²) in [4.78, 5) is 0. The molecule has 0 heterocycles. The molecule has 0 aromatic carbocycles. The highest BCUT2D eigenvalue weighted by Crippen LogP contribution is 2.14. The van der Waals surface area contributed by atoms with Crippen molar-refractivity contribution in [1.29, 1.82) is 0 Å². The molecule has 0 aliphatic carbocycles. The van der Waals surface area contributed by atoms with Gasteiger partial charge in [-0.3, -0.25) is 0 Å². The molecule has 0 saturated carbocycles. The highest BCUT2D eigenvalue weighted by atomic mass is 16.3. The normalized spacial score (nSPS) is 13.7. The first-order chi connectivity index (χ1) is 8.98. The van der Waals surface area contributed by atoms with E-state index in [1.807, 2.05) is 0 Å². The monoisotopic (exact) mass is 272 g/mol. The van der Waals surface area contributed by atoms with E-state index in [9.17, 15) is 5.11 Å². The maximum atomic E-state index is 9.90. The van der Waals surface area contributed by atoms with Crippen LogP contribution in [0.25, 0.3) is 0 Å². The van der Waals surface area contributed by atoms with Gasteiger partial charge in [0, 0.05) is 6.42 Å². The fourth-order valence-corrected chi connectivity index (χ4v) is 2.38. The second-order valence-corrected chi connectivity index (χ2v) is 6.92. The van der Waals surface area contributed by atoms with Gasteiger partial charge < -0.3 is 9.59 Å². The molecule has 0 fully saturated rings. The van der Waals surface area contributed by atoms with E-state index in [0.29, 0.717) is 4.48 Å². The quantitative estimate of drug-likeness (QED) is 0.292. The van der Waals surface area contributed by atoms with Gasteiger partial charge in [-0.2, -0.15) is 0 Å². The first-order valence-electron chi connectivity index (χ1n) is 8.47. The zero-order chi connectivity index (χ0) is 14.6. The van der Waals surface area contributed by atoms with Crippen LogP contribution in [0.3, 0.4) is 0 Å². The van der Waals surface area contributed by atoms with E-state index in [-0.39, 0.29) is 6.23 Å². The lowest BCUT2D eigenvalue weighted by molar-refractivity contribution is -0.919. The third kappa shape index (κ3) is 12.7. The minimum atomic E-state index is -0.196. The molecule has 2 nitrogen and oxygen atoms in total. The maximum absolute atomic E-state index is 9.90. The predicted octanol–water partition coefficient (Wildman–Crippen LogP) is 4.71. The average molecular weight is 272 g/mol. The molecule has 0 aromatic heterocycles. The van der Waals surface area contributed by atoms with E-state index < -0.39 is 0 Å². The molecule has 1 N–H and O–H groups in total. The summed E-state index contributed by atoms with van der Waals surface area (Å²) < 4.78 is 0.664. The van der Waals surface area contributed by atoms with Crippen molar-refractivity contribution in [3.63, 3.8) is 0 Å². The molecule has 0 bridgehead atoms. The van der Waals surface area contributed by atoms with Crippen LogP contribution in [0.1, 0.15) is 84.0 Å². The summed E-state index contributed by atoms with van der Waals surface area (Å²) in [6.45, 7) is 2.27. The van der Waals surface area contributed by atoms with Crippen molar-refractivity contribution in [2.45, 2.75) is 90.2 Å². The molecule has 19 heavy (non-hydrogen) atoms. The number of quaternary nitrogens is 1. The molecule has 0 aliphatic heterocycles. The number of unbranched alkanes of at least 4 members (excludes halogenated alkanes) is 10. The SMILES string of the molecule is CCCCCCCCCCCCCC(O)[N+](C)(C)C. The van der Waals surface area contributed by atoms with E-state index in [4.69, 9.17) is 0 Å². The van der Waals surface area contributed by atoms with E-state index in [0.717, 1.165) is 6.42 Å². The van der Waals surface area contributed by atoms with E-state index in [1.165, 1.54) is 70.6 Å². The van der Waals surface area contributed by atoms with Gasteiger partial charge in [0.15, 0.2) is 6.23 Å². The van der Waals surface area contributed by atoms with Gasteiger partial charge >= 0.3 is 0 Å². The fraction of sp³-hybridized carbons (Fsp3) is 1.00. The van der Waals surface area contributed by atoms with Gasteiger partial charge in [0.1, 0.15) is 0 Å². The van der Waals surface area contributed by atoms with Crippen LogP contribution in [0, 0.1) is 0 Å². The van der Waals surface area contributed by atoms with Crippen LogP contribution in [-0.2, 0) is 0 Å². The predicted molar refractivity (Wildman–Crippen MR) is 85.1 cm³/mol. The van der Waals surface area contributed by atoms with Gasteiger partial charge in [-0.05, 0) is 6.42 Å². The third-order valence-corrected chi connectivity index (χ3v) is 3.96. The van der Waals surface area contributed by atoms with Gasteiger partial charge in [-0.15, -0.1) is 0 Å². The van der Waals surface area contributed by atoms with Gasteiger partial charge in [0.2, 0.25) is 0 Å². The van der Waals surface area contributed by atoms with Crippen molar-refractivity contribution < 1.29 is 9.59 Å².